The van der Waals surface area contributed by atoms with Crippen molar-refractivity contribution in [1.82, 2.24) is 9.97 Å². The van der Waals surface area contributed by atoms with Crippen LogP contribution in [0, 0.1) is 20.8 Å². The molecule has 144 valence electrons. The largest absolute Gasteiger partial charge is 0.345 e. The van der Waals surface area contributed by atoms with E-state index in [0.717, 1.165) is 58.1 Å². The van der Waals surface area contributed by atoms with E-state index in [9.17, 15) is 0 Å². The fourth-order valence-electron chi connectivity index (χ4n) is 3.66. The lowest BCUT2D eigenvalue weighted by molar-refractivity contribution is 0.651. The third kappa shape index (κ3) is 2.95. The van der Waals surface area contributed by atoms with Crippen LogP contribution in [0.4, 0.5) is 10.3 Å². The number of aromatic nitrogens is 2. The number of anilines is 2. The number of rotatable bonds is 2. The molecule has 0 saturated carbocycles. The highest BCUT2D eigenvalue weighted by Crippen LogP contribution is 2.35. The Bertz CT molecular complexity index is 1090. The number of fused-ring (bicyclic) bond motifs is 2. The molecule has 0 amide bonds. The van der Waals surface area contributed by atoms with Crippen molar-refractivity contribution >= 4 is 65.0 Å². The quantitative estimate of drug-likeness (QED) is 0.403. The summed E-state index contributed by atoms with van der Waals surface area (Å²) in [5.74, 6) is 0. The molecule has 0 radical (unpaired) electrons. The minimum Gasteiger partial charge on any atom is -0.345 e. The first-order chi connectivity index (χ1) is 13.5. The summed E-state index contributed by atoms with van der Waals surface area (Å²) in [5.41, 5.74) is 5.86. The van der Waals surface area contributed by atoms with Gasteiger partial charge in [0.1, 0.15) is 0 Å². The highest BCUT2D eigenvalue weighted by Gasteiger charge is 2.23. The van der Waals surface area contributed by atoms with Gasteiger partial charge in [-0.1, -0.05) is 40.3 Å². The third-order valence-electron chi connectivity index (χ3n) is 5.63. The molecule has 0 atom stereocenters. The molecule has 1 aliphatic heterocycles. The Morgan fingerprint density at radius 3 is 1.82 bits per heavy atom. The molecule has 2 aromatic heterocycles. The predicted octanol–water partition coefficient (Wildman–Crippen LogP) is 5.81. The normalized spacial score (nSPS) is 15.1. The lowest BCUT2D eigenvalue weighted by Crippen LogP contribution is -2.46. The number of hydrogen-bond donors (Lipinski definition) is 0. The smallest absolute Gasteiger partial charge is 0.186 e. The van der Waals surface area contributed by atoms with E-state index >= 15 is 0 Å². The molecular weight excluding hydrogens is 408 g/mol. The molecule has 1 fully saturated rings. The van der Waals surface area contributed by atoms with Crippen LogP contribution >= 0.6 is 34.3 Å². The van der Waals surface area contributed by atoms with Crippen molar-refractivity contribution in [2.24, 2.45) is 0 Å². The molecule has 4 aromatic rings. The summed E-state index contributed by atoms with van der Waals surface area (Å²) in [5, 5.41) is 3.02. The second-order valence-electron chi connectivity index (χ2n) is 7.34. The Balaban J connectivity index is 1.36. The van der Waals surface area contributed by atoms with Gasteiger partial charge in [-0.2, -0.15) is 0 Å². The van der Waals surface area contributed by atoms with E-state index in [1.807, 2.05) is 13.0 Å². The Morgan fingerprint density at radius 2 is 1.25 bits per heavy atom. The summed E-state index contributed by atoms with van der Waals surface area (Å²) < 4.78 is 2.48. The highest BCUT2D eigenvalue weighted by atomic mass is 35.5. The second kappa shape index (κ2) is 6.87. The van der Waals surface area contributed by atoms with E-state index in [1.165, 1.54) is 20.5 Å². The summed E-state index contributed by atoms with van der Waals surface area (Å²) in [6, 6.07) is 8.44. The zero-order valence-corrected chi connectivity index (χ0v) is 18.5. The van der Waals surface area contributed by atoms with Gasteiger partial charge in [-0.3, -0.25) is 0 Å². The second-order valence-corrected chi connectivity index (χ2v) is 9.77. The van der Waals surface area contributed by atoms with E-state index in [1.54, 1.807) is 22.7 Å². The van der Waals surface area contributed by atoms with Crippen LogP contribution in [-0.2, 0) is 0 Å². The van der Waals surface area contributed by atoms with Gasteiger partial charge >= 0.3 is 0 Å². The van der Waals surface area contributed by atoms with Crippen LogP contribution < -0.4 is 9.80 Å². The van der Waals surface area contributed by atoms with E-state index in [0.29, 0.717) is 0 Å². The zero-order valence-electron chi connectivity index (χ0n) is 16.1. The lowest BCUT2D eigenvalue weighted by Gasteiger charge is -2.34. The van der Waals surface area contributed by atoms with Gasteiger partial charge in [-0.25, -0.2) is 9.97 Å². The van der Waals surface area contributed by atoms with Gasteiger partial charge in [-0.15, -0.1) is 0 Å². The molecule has 3 heterocycles. The lowest BCUT2D eigenvalue weighted by atomic mass is 10.1. The van der Waals surface area contributed by atoms with E-state index in [4.69, 9.17) is 21.6 Å². The number of nitrogens with zero attached hydrogens (tertiary/aromatic N) is 4. The maximum atomic E-state index is 6.26. The fourth-order valence-corrected chi connectivity index (χ4v) is 5.97. The first-order valence-corrected chi connectivity index (χ1v) is 11.4. The minimum absolute atomic E-state index is 0.788. The third-order valence-corrected chi connectivity index (χ3v) is 8.20. The Labute approximate surface area is 177 Å². The van der Waals surface area contributed by atoms with Crippen LogP contribution in [0.2, 0.25) is 5.02 Å². The summed E-state index contributed by atoms with van der Waals surface area (Å²) in [6.07, 6.45) is 0. The molecule has 4 nitrogen and oxygen atoms in total. The van der Waals surface area contributed by atoms with E-state index < -0.39 is 0 Å². The molecule has 0 N–H and O–H groups in total. The van der Waals surface area contributed by atoms with Crippen molar-refractivity contribution in [3.05, 3.63) is 46.0 Å². The van der Waals surface area contributed by atoms with Gasteiger partial charge < -0.3 is 9.80 Å². The summed E-state index contributed by atoms with van der Waals surface area (Å²) in [7, 11) is 0. The monoisotopic (exact) mass is 428 g/mol. The summed E-state index contributed by atoms with van der Waals surface area (Å²) in [4.78, 5) is 14.6. The van der Waals surface area contributed by atoms with Crippen molar-refractivity contribution in [1.29, 1.82) is 0 Å². The van der Waals surface area contributed by atoms with Crippen LogP contribution in [0.5, 0.6) is 0 Å². The topological polar surface area (TPSA) is 32.3 Å². The SMILES string of the molecule is Cc1ccc2sc(N3CCN(c4nc5c(C)c(Cl)ccc5s4)CC3)nc2c1C. The maximum absolute atomic E-state index is 6.26. The molecule has 0 unspecified atom stereocenters. The van der Waals surface area contributed by atoms with Crippen molar-refractivity contribution in [3.63, 3.8) is 0 Å². The predicted molar refractivity (Wildman–Crippen MR) is 123 cm³/mol. The van der Waals surface area contributed by atoms with Gasteiger partial charge in [0, 0.05) is 31.2 Å². The zero-order chi connectivity index (χ0) is 19.4. The van der Waals surface area contributed by atoms with Gasteiger partial charge in [0.15, 0.2) is 10.3 Å². The molecule has 7 heteroatoms. The molecule has 28 heavy (non-hydrogen) atoms. The maximum Gasteiger partial charge on any atom is 0.186 e. The minimum atomic E-state index is 0.788. The van der Waals surface area contributed by atoms with E-state index in [2.05, 4.69) is 41.8 Å². The number of halogens is 1. The molecule has 2 aromatic carbocycles. The molecule has 0 bridgehead atoms. The van der Waals surface area contributed by atoms with Crippen molar-refractivity contribution in [2.75, 3.05) is 36.0 Å². The van der Waals surface area contributed by atoms with Gasteiger partial charge in [0.25, 0.3) is 0 Å². The van der Waals surface area contributed by atoms with Crippen molar-refractivity contribution in [3.8, 4) is 0 Å². The Hall–Kier alpha value is -1.89. The van der Waals surface area contributed by atoms with Crippen LogP contribution in [-0.4, -0.2) is 36.1 Å². The van der Waals surface area contributed by atoms with Crippen LogP contribution in [0.15, 0.2) is 24.3 Å². The first kappa shape index (κ1) is 18.2. The standard InChI is InChI=1S/C21H21ClN4S2/c1-12-4-6-16-18(13(12)2)23-20(27-16)25-8-10-26(11-9-25)21-24-19-14(3)15(22)5-7-17(19)28-21/h4-7H,8-11H2,1-3H3. The molecule has 0 spiro atoms. The molecule has 0 aliphatic carbocycles. The van der Waals surface area contributed by atoms with E-state index in [-0.39, 0.29) is 0 Å². The van der Waals surface area contributed by atoms with Crippen LogP contribution in [0.25, 0.3) is 20.4 Å². The van der Waals surface area contributed by atoms with Crippen molar-refractivity contribution < 1.29 is 0 Å². The Morgan fingerprint density at radius 1 is 0.750 bits per heavy atom. The summed E-state index contributed by atoms with van der Waals surface area (Å²) >= 11 is 9.82. The number of piperazine rings is 1. The summed E-state index contributed by atoms with van der Waals surface area (Å²) in [6.45, 7) is 10.2. The van der Waals surface area contributed by atoms with Gasteiger partial charge in [0.05, 0.1) is 20.4 Å². The molecule has 1 aliphatic rings. The van der Waals surface area contributed by atoms with Crippen LogP contribution in [0.3, 0.4) is 0 Å². The number of benzene rings is 2. The fraction of sp³-hybridized carbons (Fsp3) is 0.333. The van der Waals surface area contributed by atoms with Gasteiger partial charge in [0.2, 0.25) is 0 Å². The first-order valence-electron chi connectivity index (χ1n) is 9.43. The van der Waals surface area contributed by atoms with Crippen LogP contribution in [0.1, 0.15) is 16.7 Å². The molecular formula is C21H21ClN4S2. The average Bonchev–Trinajstić information content (AvgIpc) is 3.33. The number of aryl methyl sites for hydroxylation is 3. The van der Waals surface area contributed by atoms with Gasteiger partial charge in [-0.05, 0) is 55.7 Å². The Kier molecular flexibility index (Phi) is 4.45. The highest BCUT2D eigenvalue weighted by molar-refractivity contribution is 7.22. The average molecular weight is 429 g/mol. The number of hydrogen-bond acceptors (Lipinski definition) is 6. The van der Waals surface area contributed by atoms with Crippen molar-refractivity contribution in [2.45, 2.75) is 20.8 Å². The molecule has 5 rings (SSSR count). The molecule has 1 saturated heterocycles. The number of thiazole rings is 2.